The Balaban J connectivity index is 1.21. The van der Waals surface area contributed by atoms with Crippen molar-refractivity contribution in [3.8, 4) is 0 Å². The molecule has 4 saturated carbocycles. The number of hydrogen-bond acceptors (Lipinski definition) is 17. The summed E-state index contributed by atoms with van der Waals surface area (Å²) in [5, 5.41) is 96.3. The van der Waals surface area contributed by atoms with Gasteiger partial charge in [0.25, 0.3) is 0 Å². The molecule has 21 atom stereocenters. The predicted octanol–water partition coefficient (Wildman–Crippen LogP) is -0.619. The standard InChI is InChI=1S/C41H66O17/c1-6-52-37(51)39(5)11-7-10-38(4)24(39)8-12-40-14-19(2)41(18-40,13-9-25(38)40)58-36-33(57-35-31(50)29(48)27(46)22(16-43)54-35)32(28(47)23(17-44)55-36)56-34-30(49)26(45)20(3)21(15-42)53-34/h20-36,42-50H,2,6-18H2,1,3-5H3/t20-,21-,22-,23-,24+,25+,26+,27-,28-,29+,30-,31-,32+,33-,34+,35+,36+,38-,39-,40-,41+/m1/s1. The molecular formula is C41H66O17. The first-order valence-electron chi connectivity index (χ1n) is 21.2. The van der Waals surface area contributed by atoms with Gasteiger partial charge in [-0.25, -0.2) is 0 Å². The van der Waals surface area contributed by atoms with Crippen LogP contribution >= 0.6 is 0 Å². The predicted molar refractivity (Wildman–Crippen MR) is 199 cm³/mol. The Kier molecular flexibility index (Phi) is 12.9. The van der Waals surface area contributed by atoms with E-state index >= 15 is 0 Å². The molecule has 17 nitrogen and oxygen atoms in total. The lowest BCUT2D eigenvalue weighted by Crippen LogP contribution is -2.67. The fourth-order valence-electron chi connectivity index (χ4n) is 12.6. The zero-order valence-corrected chi connectivity index (χ0v) is 34.0. The summed E-state index contributed by atoms with van der Waals surface area (Å²) in [6, 6.07) is 0. The van der Waals surface area contributed by atoms with Gasteiger partial charge < -0.3 is 79.1 Å². The Morgan fingerprint density at radius 1 is 0.724 bits per heavy atom. The molecule has 0 aromatic heterocycles. The van der Waals surface area contributed by atoms with Crippen molar-refractivity contribution in [2.75, 3.05) is 26.4 Å². The second-order valence-corrected chi connectivity index (χ2v) is 18.8. The SMILES string of the molecule is C=C1C[C@@]23CC[C@H]4[C@@](C)(CCC[C@@]4(C)C(=O)OCC)[C@@H]2CC[C@]1(O[C@@H]1O[C@H](CO)[C@@H](O)[C@H](O[C@@H]2O[C@H](CO)[C@@H](C)[C@H](O)[C@H]2O)[C@H]1O[C@@H]1O[C@H](CO)[C@@H](O)[C@H](O)[C@H]1O)C3. The third-order valence-electron chi connectivity index (χ3n) is 15.7. The van der Waals surface area contributed by atoms with Gasteiger partial charge in [-0.1, -0.05) is 26.8 Å². The van der Waals surface area contributed by atoms with Crippen LogP contribution in [0.3, 0.4) is 0 Å². The Hall–Kier alpha value is -1.39. The summed E-state index contributed by atoms with van der Waals surface area (Å²) in [5.41, 5.74) is -1.11. The van der Waals surface area contributed by atoms with Gasteiger partial charge in [0.2, 0.25) is 0 Å². The summed E-state index contributed by atoms with van der Waals surface area (Å²) < 4.78 is 43.0. The van der Waals surface area contributed by atoms with E-state index in [9.17, 15) is 50.8 Å². The van der Waals surface area contributed by atoms with Gasteiger partial charge in [0.15, 0.2) is 18.9 Å². The molecule has 0 amide bonds. The van der Waals surface area contributed by atoms with Gasteiger partial charge in [-0.2, -0.15) is 0 Å². The first kappa shape index (κ1) is 44.7. The average molecular weight is 831 g/mol. The van der Waals surface area contributed by atoms with Crippen molar-refractivity contribution in [3.05, 3.63) is 12.2 Å². The molecule has 332 valence electrons. The number of carbonyl (C=O) groups is 1. The number of esters is 1. The normalized spacial score (nSPS) is 53.1. The van der Waals surface area contributed by atoms with Gasteiger partial charge in [0.1, 0.15) is 54.9 Å². The van der Waals surface area contributed by atoms with Crippen molar-refractivity contribution in [1.82, 2.24) is 0 Å². The summed E-state index contributed by atoms with van der Waals surface area (Å²) in [7, 11) is 0. The molecule has 58 heavy (non-hydrogen) atoms. The Labute approximate surface area is 339 Å². The fourth-order valence-corrected chi connectivity index (χ4v) is 12.6. The molecule has 3 aliphatic heterocycles. The summed E-state index contributed by atoms with van der Waals surface area (Å²) in [6.07, 6.45) is -14.9. The highest BCUT2D eigenvalue weighted by molar-refractivity contribution is 5.77. The van der Waals surface area contributed by atoms with Crippen LogP contribution in [0.1, 0.15) is 85.5 Å². The van der Waals surface area contributed by atoms with Crippen molar-refractivity contribution in [1.29, 1.82) is 0 Å². The van der Waals surface area contributed by atoms with Crippen LogP contribution in [0.2, 0.25) is 0 Å². The lowest BCUT2D eigenvalue weighted by molar-refractivity contribution is -0.398. The van der Waals surface area contributed by atoms with Crippen LogP contribution in [0.25, 0.3) is 0 Å². The quantitative estimate of drug-likeness (QED) is 0.0714. The maximum atomic E-state index is 13.5. The Bertz CT molecular complexity index is 1480. The Morgan fingerprint density at radius 3 is 1.97 bits per heavy atom. The van der Waals surface area contributed by atoms with Gasteiger partial charge in [-0.3, -0.25) is 4.79 Å². The smallest absolute Gasteiger partial charge is 0.312 e. The summed E-state index contributed by atoms with van der Waals surface area (Å²) in [5.74, 6) is -0.441. The number of aliphatic hydroxyl groups is 9. The van der Waals surface area contributed by atoms with Gasteiger partial charge in [-0.05, 0) is 93.5 Å². The first-order valence-corrected chi connectivity index (χ1v) is 21.2. The van der Waals surface area contributed by atoms with E-state index in [1.807, 2.05) is 6.92 Å². The molecule has 3 saturated heterocycles. The summed E-state index contributed by atoms with van der Waals surface area (Å²) in [4.78, 5) is 13.5. The molecule has 9 N–H and O–H groups in total. The monoisotopic (exact) mass is 830 g/mol. The number of aliphatic hydroxyl groups excluding tert-OH is 9. The van der Waals surface area contributed by atoms with Crippen molar-refractivity contribution < 1.29 is 83.9 Å². The largest absolute Gasteiger partial charge is 0.466 e. The van der Waals surface area contributed by atoms with Crippen molar-refractivity contribution in [2.45, 2.75) is 177 Å². The molecule has 0 aromatic rings. The highest BCUT2D eigenvalue weighted by Crippen LogP contribution is 2.73. The molecule has 4 aliphatic carbocycles. The van der Waals surface area contributed by atoms with E-state index in [-0.39, 0.29) is 28.6 Å². The molecule has 3 heterocycles. The van der Waals surface area contributed by atoms with Crippen LogP contribution in [0, 0.1) is 34.0 Å². The van der Waals surface area contributed by atoms with Crippen LogP contribution in [0.15, 0.2) is 12.2 Å². The van der Waals surface area contributed by atoms with Gasteiger partial charge in [0, 0.05) is 5.92 Å². The number of hydrogen-bond donors (Lipinski definition) is 9. The zero-order valence-electron chi connectivity index (χ0n) is 34.0. The number of carbonyl (C=O) groups excluding carboxylic acids is 1. The van der Waals surface area contributed by atoms with Gasteiger partial charge in [-0.15, -0.1) is 0 Å². The van der Waals surface area contributed by atoms with Crippen LogP contribution in [0.5, 0.6) is 0 Å². The summed E-state index contributed by atoms with van der Waals surface area (Å²) >= 11 is 0. The number of ether oxygens (including phenoxy) is 7. The van der Waals surface area contributed by atoms with E-state index in [2.05, 4.69) is 20.4 Å². The van der Waals surface area contributed by atoms with Gasteiger partial charge >= 0.3 is 5.97 Å². The number of rotatable bonds is 11. The fraction of sp³-hybridized carbons (Fsp3) is 0.927. The van der Waals surface area contributed by atoms with E-state index in [0.717, 1.165) is 44.1 Å². The Morgan fingerprint density at radius 2 is 1.31 bits per heavy atom. The van der Waals surface area contributed by atoms with E-state index in [4.69, 9.17) is 33.2 Å². The maximum absolute atomic E-state index is 13.5. The molecule has 0 unspecified atom stereocenters. The second kappa shape index (κ2) is 16.7. The van der Waals surface area contributed by atoms with E-state index in [1.165, 1.54) is 0 Å². The van der Waals surface area contributed by atoms with Crippen LogP contribution in [-0.4, -0.2) is 170 Å². The van der Waals surface area contributed by atoms with Gasteiger partial charge in [0.05, 0.1) is 49.7 Å². The molecule has 7 fully saturated rings. The number of fused-ring (bicyclic) bond motifs is 3. The van der Waals surface area contributed by atoms with Crippen LogP contribution < -0.4 is 0 Å². The van der Waals surface area contributed by atoms with E-state index < -0.39 is 123 Å². The summed E-state index contributed by atoms with van der Waals surface area (Å²) in [6.45, 7) is 10.7. The molecule has 0 radical (unpaired) electrons. The highest BCUT2D eigenvalue weighted by atomic mass is 16.8. The van der Waals surface area contributed by atoms with Crippen LogP contribution in [0.4, 0.5) is 0 Å². The molecule has 1 spiro atoms. The third-order valence-corrected chi connectivity index (χ3v) is 15.7. The minimum atomic E-state index is -1.87. The first-order chi connectivity index (χ1) is 27.4. The zero-order chi connectivity index (χ0) is 42.1. The minimum absolute atomic E-state index is 0.134. The minimum Gasteiger partial charge on any atom is -0.466 e. The average Bonchev–Trinajstić information content (AvgIpc) is 3.39. The van der Waals surface area contributed by atoms with Crippen molar-refractivity contribution >= 4 is 5.97 Å². The van der Waals surface area contributed by atoms with Crippen molar-refractivity contribution in [3.63, 3.8) is 0 Å². The van der Waals surface area contributed by atoms with Crippen LogP contribution in [-0.2, 0) is 38.0 Å². The molecule has 7 aliphatic rings. The maximum Gasteiger partial charge on any atom is 0.312 e. The highest BCUT2D eigenvalue weighted by Gasteiger charge is 2.69. The third kappa shape index (κ3) is 7.20. The molecule has 2 bridgehead atoms. The lowest BCUT2D eigenvalue weighted by Gasteiger charge is -2.64. The van der Waals surface area contributed by atoms with Crippen molar-refractivity contribution in [2.24, 2.45) is 34.0 Å². The molecular weight excluding hydrogens is 764 g/mol. The van der Waals surface area contributed by atoms with E-state index in [0.29, 0.717) is 25.9 Å². The van der Waals surface area contributed by atoms with E-state index in [1.54, 1.807) is 6.92 Å². The lowest BCUT2D eigenvalue weighted by atomic mass is 9.41. The second-order valence-electron chi connectivity index (χ2n) is 18.8. The topological polar surface area (TPSA) is 264 Å². The molecule has 7 rings (SSSR count). The molecule has 17 heteroatoms. The molecule has 0 aromatic carbocycles.